The molecule has 0 saturated carbocycles. The minimum atomic E-state index is -4.77. The lowest BCUT2D eigenvalue weighted by atomic mass is 10.1. The van der Waals surface area contributed by atoms with E-state index in [-0.39, 0.29) is 25.9 Å². The van der Waals surface area contributed by atoms with Crippen LogP contribution in [-0.2, 0) is 42.2 Å². The van der Waals surface area contributed by atoms with E-state index in [1.54, 1.807) is 0 Å². The molecule has 72 heavy (non-hydrogen) atoms. The Labute approximate surface area is 437 Å². The summed E-state index contributed by atoms with van der Waals surface area (Å²) < 4.78 is 39.4. The van der Waals surface area contributed by atoms with Crippen molar-refractivity contribution in [2.45, 2.75) is 226 Å². The quantitative estimate of drug-likeness (QED) is 0.0197. The number of hydrogen-bond acceptors (Lipinski definition) is 10. The monoisotopic (exact) mass is 1030 g/mol. The number of carbonyl (C=O) groups excluding carboxylic acids is 3. The molecule has 0 amide bonds. The Hall–Kier alpha value is -3.86. The van der Waals surface area contributed by atoms with Crippen molar-refractivity contribution in [3.63, 3.8) is 0 Å². The van der Waals surface area contributed by atoms with Crippen molar-refractivity contribution in [1.82, 2.24) is 0 Å². The van der Waals surface area contributed by atoms with Crippen LogP contribution < -0.4 is 0 Å². The molecule has 3 atom stereocenters. The number of phosphoric ester groups is 1. The van der Waals surface area contributed by atoms with E-state index < -0.39 is 57.8 Å². The Morgan fingerprint density at radius 1 is 0.403 bits per heavy atom. The lowest BCUT2D eigenvalue weighted by Crippen LogP contribution is -2.30. The number of aliphatic hydroxyl groups excluding tert-OH is 1. The maximum atomic E-state index is 12.9. The molecule has 2 N–H and O–H groups in total. The first kappa shape index (κ1) is 68.1. The highest BCUT2D eigenvalue weighted by Crippen LogP contribution is 2.43. The Bertz CT molecular complexity index is 1620. The van der Waals surface area contributed by atoms with Crippen LogP contribution in [0.3, 0.4) is 0 Å². The fourth-order valence-electron chi connectivity index (χ4n) is 6.97. The summed E-state index contributed by atoms with van der Waals surface area (Å²) in [5, 5.41) is 9.78. The Morgan fingerprint density at radius 2 is 0.736 bits per heavy atom. The number of hydrogen-bond donors (Lipinski definition) is 2. The standard InChI is InChI=1S/C60H99O11P/c1-4-7-10-13-16-19-22-24-26-28-30-32-35-37-40-43-46-49-58(62)67-53-57(71-60(64)51-48-45-42-39-36-33-31-29-27-25-23-20-17-14-11-8-5-2)55-69-72(65,66)68-54-56(52-61)70-59(63)50-47-44-41-38-34-21-18-15-12-9-6-3/h7-8,10-11,15-20,24-27,30,32,37,40,56-57,61H,4-6,9,12-14,21-23,28-29,31,33-36,38-39,41-55H2,1-3H3,(H,65,66)/b10-7-,11-8-,18-15-,19-16-,20-17-,26-24-,27-25-,32-30-,40-37-. The second kappa shape index (κ2) is 53.4. The molecule has 3 unspecified atom stereocenters. The number of aliphatic hydroxyl groups is 1. The normalized spacial score (nSPS) is 14.2. The highest BCUT2D eigenvalue weighted by atomic mass is 31.2. The maximum absolute atomic E-state index is 12.9. The van der Waals surface area contributed by atoms with Crippen molar-refractivity contribution in [2.24, 2.45) is 0 Å². The van der Waals surface area contributed by atoms with E-state index in [2.05, 4.69) is 124 Å². The summed E-state index contributed by atoms with van der Waals surface area (Å²) in [6.45, 7) is 4.28. The van der Waals surface area contributed by atoms with Crippen LogP contribution in [0, 0.1) is 0 Å². The average molecular weight is 1030 g/mol. The third-order valence-electron chi connectivity index (χ3n) is 11.2. The number of unbranched alkanes of at least 4 members (excludes halogenated alkanes) is 15. The predicted molar refractivity (Wildman–Crippen MR) is 297 cm³/mol. The fraction of sp³-hybridized carbons (Fsp3) is 0.650. The van der Waals surface area contributed by atoms with Gasteiger partial charge in [0.15, 0.2) is 6.10 Å². The van der Waals surface area contributed by atoms with Crippen molar-refractivity contribution >= 4 is 25.7 Å². The fourth-order valence-corrected chi connectivity index (χ4v) is 7.76. The first-order chi connectivity index (χ1) is 35.2. The molecule has 0 spiro atoms. The largest absolute Gasteiger partial charge is 0.472 e. The second-order valence-electron chi connectivity index (χ2n) is 18.0. The van der Waals surface area contributed by atoms with Gasteiger partial charge >= 0.3 is 25.7 Å². The van der Waals surface area contributed by atoms with Crippen LogP contribution >= 0.6 is 7.82 Å². The van der Waals surface area contributed by atoms with Gasteiger partial charge in [0.25, 0.3) is 0 Å². The van der Waals surface area contributed by atoms with Gasteiger partial charge in [0.1, 0.15) is 12.7 Å². The summed E-state index contributed by atoms with van der Waals surface area (Å²) in [4.78, 5) is 48.4. The molecule has 0 aliphatic rings. The van der Waals surface area contributed by atoms with Crippen molar-refractivity contribution in [1.29, 1.82) is 0 Å². The van der Waals surface area contributed by atoms with Gasteiger partial charge in [-0.15, -0.1) is 0 Å². The van der Waals surface area contributed by atoms with Gasteiger partial charge in [0, 0.05) is 19.3 Å². The average Bonchev–Trinajstić information content (AvgIpc) is 3.37. The molecule has 0 radical (unpaired) electrons. The molecular formula is C60H99O11P. The van der Waals surface area contributed by atoms with Crippen LogP contribution in [0.2, 0.25) is 0 Å². The third-order valence-corrected chi connectivity index (χ3v) is 12.1. The molecule has 410 valence electrons. The van der Waals surface area contributed by atoms with Crippen LogP contribution in [0.25, 0.3) is 0 Å². The molecule has 0 aliphatic carbocycles. The molecule has 0 aliphatic heterocycles. The minimum absolute atomic E-state index is 0.138. The van der Waals surface area contributed by atoms with E-state index >= 15 is 0 Å². The Balaban J connectivity index is 4.86. The summed E-state index contributed by atoms with van der Waals surface area (Å²) in [7, 11) is -4.77. The minimum Gasteiger partial charge on any atom is -0.462 e. The van der Waals surface area contributed by atoms with E-state index in [9.17, 15) is 28.9 Å². The molecule has 0 aromatic rings. The Kier molecular flexibility index (Phi) is 50.6. The zero-order valence-corrected chi connectivity index (χ0v) is 46.0. The van der Waals surface area contributed by atoms with Gasteiger partial charge in [-0.1, -0.05) is 194 Å². The summed E-state index contributed by atoms with van der Waals surface area (Å²) in [5.74, 6) is -1.57. The van der Waals surface area contributed by atoms with Crippen LogP contribution in [0.15, 0.2) is 109 Å². The molecule has 0 rings (SSSR count). The van der Waals surface area contributed by atoms with E-state index in [4.69, 9.17) is 23.3 Å². The number of esters is 3. The van der Waals surface area contributed by atoms with Gasteiger partial charge in [-0.3, -0.25) is 23.4 Å². The molecule has 0 fully saturated rings. The van der Waals surface area contributed by atoms with Gasteiger partial charge in [0.05, 0.1) is 19.8 Å². The molecule has 0 aromatic heterocycles. The topological polar surface area (TPSA) is 155 Å². The molecule has 11 nitrogen and oxygen atoms in total. The smallest absolute Gasteiger partial charge is 0.462 e. The van der Waals surface area contributed by atoms with Crippen LogP contribution in [0.5, 0.6) is 0 Å². The number of allylic oxidation sites excluding steroid dienone is 18. The third kappa shape index (κ3) is 51.1. The first-order valence-corrected chi connectivity index (χ1v) is 29.3. The van der Waals surface area contributed by atoms with Gasteiger partial charge in [-0.25, -0.2) is 4.57 Å². The maximum Gasteiger partial charge on any atom is 0.472 e. The van der Waals surface area contributed by atoms with Gasteiger partial charge in [0.2, 0.25) is 0 Å². The van der Waals surface area contributed by atoms with E-state index in [1.165, 1.54) is 12.8 Å². The molecule has 0 bridgehead atoms. The molecule has 0 aromatic carbocycles. The number of carbonyl (C=O) groups is 3. The lowest BCUT2D eigenvalue weighted by molar-refractivity contribution is -0.161. The van der Waals surface area contributed by atoms with Gasteiger partial charge < -0.3 is 24.2 Å². The molecular weight excluding hydrogens is 928 g/mol. The number of ether oxygens (including phenoxy) is 3. The second-order valence-corrected chi connectivity index (χ2v) is 19.4. The highest BCUT2D eigenvalue weighted by molar-refractivity contribution is 7.47. The SMILES string of the molecule is CC/C=C\C/C=C\C/C=C\C/C=C\C/C=C\CCCC(=O)OCC(COP(=O)(O)OCC(CO)OC(=O)CCCCCCC/C=C\CCCC)OC(=O)CCCCCCCCC/C=C\C/C=C\C/C=C\CC. The highest BCUT2D eigenvalue weighted by Gasteiger charge is 2.28. The first-order valence-electron chi connectivity index (χ1n) is 27.8. The zero-order valence-electron chi connectivity index (χ0n) is 45.1. The molecule has 12 heteroatoms. The van der Waals surface area contributed by atoms with Crippen LogP contribution in [0.1, 0.15) is 213 Å². The van der Waals surface area contributed by atoms with Gasteiger partial charge in [-0.2, -0.15) is 0 Å². The summed E-state index contributed by atoms with van der Waals surface area (Å²) in [5.41, 5.74) is 0. The van der Waals surface area contributed by atoms with E-state index in [1.807, 2.05) is 6.08 Å². The van der Waals surface area contributed by atoms with Crippen molar-refractivity contribution in [2.75, 3.05) is 26.4 Å². The summed E-state index contributed by atoms with van der Waals surface area (Å²) in [6, 6.07) is 0. The van der Waals surface area contributed by atoms with Crippen LogP contribution in [0.4, 0.5) is 0 Å². The van der Waals surface area contributed by atoms with E-state index in [0.717, 1.165) is 135 Å². The van der Waals surface area contributed by atoms with E-state index in [0.29, 0.717) is 25.7 Å². The zero-order chi connectivity index (χ0) is 52.7. The number of phosphoric acid groups is 1. The van der Waals surface area contributed by atoms with Gasteiger partial charge in [-0.05, 0) is 109 Å². The Morgan fingerprint density at radius 3 is 1.17 bits per heavy atom. The van der Waals surface area contributed by atoms with Crippen molar-refractivity contribution < 1.29 is 52.2 Å². The number of rotatable bonds is 50. The molecule has 0 saturated heterocycles. The van der Waals surface area contributed by atoms with Crippen molar-refractivity contribution in [3.05, 3.63) is 109 Å². The van der Waals surface area contributed by atoms with Crippen LogP contribution in [-0.4, -0.2) is 66.5 Å². The summed E-state index contributed by atoms with van der Waals surface area (Å²) >= 11 is 0. The predicted octanol–water partition coefficient (Wildman–Crippen LogP) is 16.2. The lowest BCUT2D eigenvalue weighted by Gasteiger charge is -2.21. The van der Waals surface area contributed by atoms with Crippen molar-refractivity contribution in [3.8, 4) is 0 Å². The summed E-state index contributed by atoms with van der Waals surface area (Å²) in [6.07, 6.45) is 63.4. The molecule has 0 heterocycles.